The molecule has 0 spiro atoms. The van der Waals surface area contributed by atoms with Crippen LogP contribution in [-0.4, -0.2) is 36.1 Å². The van der Waals surface area contributed by atoms with Crippen molar-refractivity contribution in [1.82, 2.24) is 15.2 Å². The zero-order valence-electron chi connectivity index (χ0n) is 10.7. The molecular formula is C12H19Br2N3. The third-order valence-corrected chi connectivity index (χ3v) is 4.06. The number of rotatable bonds is 5. The number of hydrogen-bond donors (Lipinski definition) is 1. The second kappa shape index (κ2) is 6.27. The Bertz CT molecular complexity index is 378. The fourth-order valence-electron chi connectivity index (χ4n) is 1.22. The van der Waals surface area contributed by atoms with Crippen LogP contribution in [0.4, 0.5) is 0 Å². The molecular weight excluding hydrogens is 346 g/mol. The van der Waals surface area contributed by atoms with E-state index in [1.165, 1.54) is 0 Å². The molecule has 1 rings (SSSR count). The summed E-state index contributed by atoms with van der Waals surface area (Å²) in [5, 5.41) is 3.43. The van der Waals surface area contributed by atoms with Gasteiger partial charge >= 0.3 is 0 Å². The van der Waals surface area contributed by atoms with Crippen LogP contribution in [-0.2, 0) is 6.54 Å². The molecule has 0 aliphatic rings. The monoisotopic (exact) mass is 363 g/mol. The Balaban J connectivity index is 2.51. The summed E-state index contributed by atoms with van der Waals surface area (Å²) in [4.78, 5) is 6.58. The molecule has 0 fully saturated rings. The van der Waals surface area contributed by atoms with Crippen molar-refractivity contribution in [3.8, 4) is 0 Å². The topological polar surface area (TPSA) is 28.2 Å². The Morgan fingerprint density at radius 3 is 2.53 bits per heavy atom. The van der Waals surface area contributed by atoms with Gasteiger partial charge in [0, 0.05) is 33.8 Å². The molecule has 1 heterocycles. The van der Waals surface area contributed by atoms with E-state index in [1.54, 1.807) is 0 Å². The van der Waals surface area contributed by atoms with Crippen molar-refractivity contribution in [3.05, 3.63) is 26.9 Å². The predicted molar refractivity (Wildman–Crippen MR) is 79.1 cm³/mol. The van der Waals surface area contributed by atoms with Gasteiger partial charge in [-0.3, -0.25) is 4.98 Å². The van der Waals surface area contributed by atoms with E-state index in [0.717, 1.165) is 27.7 Å². The molecule has 0 aromatic carbocycles. The summed E-state index contributed by atoms with van der Waals surface area (Å²) in [6, 6.07) is 2.01. The first-order valence-corrected chi connectivity index (χ1v) is 7.09. The second-order valence-electron chi connectivity index (χ2n) is 4.89. The molecule has 1 N–H and O–H groups in total. The number of hydrogen-bond acceptors (Lipinski definition) is 3. The Labute approximate surface area is 120 Å². The van der Waals surface area contributed by atoms with Crippen LogP contribution in [0.1, 0.15) is 19.5 Å². The van der Waals surface area contributed by atoms with E-state index in [1.807, 2.05) is 12.3 Å². The van der Waals surface area contributed by atoms with Gasteiger partial charge in [-0.05, 0) is 65.9 Å². The summed E-state index contributed by atoms with van der Waals surface area (Å²) >= 11 is 6.91. The molecule has 1 aromatic rings. The van der Waals surface area contributed by atoms with E-state index in [9.17, 15) is 0 Å². The average Bonchev–Trinajstić information content (AvgIpc) is 2.21. The number of aromatic nitrogens is 1. The van der Waals surface area contributed by atoms with Crippen LogP contribution in [0.2, 0.25) is 0 Å². The van der Waals surface area contributed by atoms with E-state index in [0.29, 0.717) is 0 Å². The molecule has 5 heteroatoms. The normalized spacial score (nSPS) is 12.2. The van der Waals surface area contributed by atoms with Crippen molar-refractivity contribution in [3.63, 3.8) is 0 Å². The highest BCUT2D eigenvalue weighted by molar-refractivity contribution is 9.11. The van der Waals surface area contributed by atoms with E-state index in [4.69, 9.17) is 0 Å². The molecule has 0 aliphatic carbocycles. The van der Waals surface area contributed by atoms with Crippen LogP contribution in [0.3, 0.4) is 0 Å². The number of pyridine rings is 1. The lowest BCUT2D eigenvalue weighted by molar-refractivity contribution is 0.189. The minimum absolute atomic E-state index is 0.141. The average molecular weight is 365 g/mol. The van der Waals surface area contributed by atoms with Crippen LogP contribution < -0.4 is 5.32 Å². The van der Waals surface area contributed by atoms with E-state index >= 15 is 0 Å². The van der Waals surface area contributed by atoms with Gasteiger partial charge in [0.05, 0.1) is 5.69 Å². The zero-order chi connectivity index (χ0) is 13.1. The van der Waals surface area contributed by atoms with Gasteiger partial charge in [-0.2, -0.15) is 0 Å². The van der Waals surface area contributed by atoms with Gasteiger partial charge in [-0.15, -0.1) is 0 Å². The molecule has 0 atom stereocenters. The van der Waals surface area contributed by atoms with E-state index in [2.05, 4.69) is 75.0 Å². The summed E-state index contributed by atoms with van der Waals surface area (Å²) in [6.45, 7) is 6.11. The fourth-order valence-corrected chi connectivity index (χ4v) is 2.35. The van der Waals surface area contributed by atoms with Crippen molar-refractivity contribution < 1.29 is 0 Å². The van der Waals surface area contributed by atoms with E-state index < -0.39 is 0 Å². The van der Waals surface area contributed by atoms with Gasteiger partial charge in [0.15, 0.2) is 0 Å². The molecule has 0 unspecified atom stereocenters. The Morgan fingerprint density at radius 1 is 1.35 bits per heavy atom. The van der Waals surface area contributed by atoms with Crippen LogP contribution in [0.25, 0.3) is 0 Å². The lowest BCUT2D eigenvalue weighted by Gasteiger charge is -2.32. The van der Waals surface area contributed by atoms with Crippen LogP contribution >= 0.6 is 31.9 Å². The van der Waals surface area contributed by atoms with Crippen molar-refractivity contribution >= 4 is 31.9 Å². The van der Waals surface area contributed by atoms with Crippen LogP contribution in [0, 0.1) is 0 Å². The summed E-state index contributed by atoms with van der Waals surface area (Å²) in [5.74, 6) is 0. The van der Waals surface area contributed by atoms with Crippen molar-refractivity contribution in [1.29, 1.82) is 0 Å². The van der Waals surface area contributed by atoms with Crippen molar-refractivity contribution in [2.75, 3.05) is 20.6 Å². The zero-order valence-corrected chi connectivity index (χ0v) is 13.9. The second-order valence-corrected chi connectivity index (χ2v) is 6.66. The maximum Gasteiger partial charge on any atom is 0.0684 e. The smallest absolute Gasteiger partial charge is 0.0684 e. The first kappa shape index (κ1) is 15.1. The number of halogens is 2. The maximum atomic E-state index is 4.37. The number of likely N-dealkylation sites (N-methyl/N-ethyl adjacent to an activating group) is 1. The van der Waals surface area contributed by atoms with Gasteiger partial charge in [-0.25, -0.2) is 0 Å². The molecule has 1 aromatic heterocycles. The summed E-state index contributed by atoms with van der Waals surface area (Å²) < 4.78 is 2.02. The van der Waals surface area contributed by atoms with Crippen LogP contribution in [0.5, 0.6) is 0 Å². The Morgan fingerprint density at radius 2 is 2.00 bits per heavy atom. The molecule has 0 saturated carbocycles. The highest BCUT2D eigenvalue weighted by Gasteiger charge is 2.19. The Kier molecular flexibility index (Phi) is 5.57. The number of nitrogens with zero attached hydrogens (tertiary/aromatic N) is 2. The molecule has 0 radical (unpaired) electrons. The summed E-state index contributed by atoms with van der Waals surface area (Å²) in [6.07, 6.45) is 1.82. The first-order chi connectivity index (χ1) is 7.83. The minimum Gasteiger partial charge on any atom is -0.309 e. The highest BCUT2D eigenvalue weighted by Crippen LogP contribution is 2.19. The summed E-state index contributed by atoms with van der Waals surface area (Å²) in [5.41, 5.74) is 1.17. The highest BCUT2D eigenvalue weighted by atomic mass is 79.9. The van der Waals surface area contributed by atoms with Crippen molar-refractivity contribution in [2.24, 2.45) is 0 Å². The summed E-state index contributed by atoms with van der Waals surface area (Å²) in [7, 11) is 4.19. The molecule has 0 bridgehead atoms. The molecule has 0 amide bonds. The fraction of sp³-hybridized carbons (Fsp3) is 0.583. The van der Waals surface area contributed by atoms with E-state index in [-0.39, 0.29) is 5.54 Å². The Hall–Kier alpha value is 0.0300. The van der Waals surface area contributed by atoms with Gasteiger partial charge in [0.2, 0.25) is 0 Å². The first-order valence-electron chi connectivity index (χ1n) is 5.51. The largest absolute Gasteiger partial charge is 0.309 e. The molecule has 3 nitrogen and oxygen atoms in total. The quantitative estimate of drug-likeness (QED) is 0.870. The molecule has 96 valence electrons. The van der Waals surface area contributed by atoms with Gasteiger partial charge in [0.25, 0.3) is 0 Å². The van der Waals surface area contributed by atoms with Gasteiger partial charge in [-0.1, -0.05) is 0 Å². The maximum absolute atomic E-state index is 4.37. The third kappa shape index (κ3) is 4.66. The third-order valence-electron chi connectivity index (χ3n) is 2.94. The van der Waals surface area contributed by atoms with Crippen molar-refractivity contribution in [2.45, 2.75) is 25.9 Å². The standard InChI is InChI=1S/C12H19Br2N3/c1-12(2,17(3)4)8-15-7-11-10(14)5-9(13)6-16-11/h5-6,15H,7-8H2,1-4H3. The molecule has 0 saturated heterocycles. The minimum atomic E-state index is 0.141. The van der Waals surface area contributed by atoms with Gasteiger partial charge < -0.3 is 10.2 Å². The van der Waals surface area contributed by atoms with Gasteiger partial charge in [0.1, 0.15) is 0 Å². The SMILES string of the molecule is CN(C)C(C)(C)CNCc1ncc(Br)cc1Br. The lowest BCUT2D eigenvalue weighted by Crippen LogP contribution is -2.46. The number of nitrogens with one attached hydrogen (secondary N) is 1. The predicted octanol–water partition coefficient (Wildman–Crippen LogP) is 3.04. The molecule has 0 aliphatic heterocycles. The molecule has 17 heavy (non-hydrogen) atoms. The lowest BCUT2D eigenvalue weighted by atomic mass is 10.0. The van der Waals surface area contributed by atoms with Crippen LogP contribution in [0.15, 0.2) is 21.2 Å².